The maximum absolute atomic E-state index is 12.1. The first-order chi connectivity index (χ1) is 9.35. The summed E-state index contributed by atoms with van der Waals surface area (Å²) in [6.07, 6.45) is 3.50. The van der Waals surface area contributed by atoms with E-state index in [1.54, 1.807) is 13.8 Å². The monoisotopic (exact) mass is 281 g/mol. The molecule has 0 aromatic heterocycles. The number of hydrogen-bond donors (Lipinski definition) is 1. The molecule has 5 nitrogen and oxygen atoms in total. The first-order valence-corrected chi connectivity index (χ1v) is 6.89. The molecular formula is C15H23NO4. The van der Waals surface area contributed by atoms with Gasteiger partial charge in [-0.1, -0.05) is 27.2 Å². The molecule has 0 heterocycles. The van der Waals surface area contributed by atoms with Crippen molar-refractivity contribution in [3.05, 3.63) is 11.3 Å². The molecule has 0 bridgehead atoms. The van der Waals surface area contributed by atoms with Gasteiger partial charge in [0, 0.05) is 19.2 Å². The molecule has 0 saturated heterocycles. The molecule has 1 N–H and O–H groups in total. The number of aliphatic hydroxyl groups is 1. The van der Waals surface area contributed by atoms with Crippen LogP contribution in [0.1, 0.15) is 40.0 Å². The molecule has 1 atom stereocenters. The smallest absolute Gasteiger partial charge is 0.316 e. The molecule has 0 aromatic carbocycles. The van der Waals surface area contributed by atoms with Gasteiger partial charge in [-0.25, -0.2) is 0 Å². The van der Waals surface area contributed by atoms with E-state index in [1.165, 1.54) is 13.3 Å². The van der Waals surface area contributed by atoms with Crippen LogP contribution >= 0.6 is 0 Å². The molecule has 1 aliphatic rings. The van der Waals surface area contributed by atoms with Gasteiger partial charge in [0.25, 0.3) is 0 Å². The lowest BCUT2D eigenvalue weighted by molar-refractivity contribution is -0.150. The molecule has 112 valence electrons. The molecule has 20 heavy (non-hydrogen) atoms. The van der Waals surface area contributed by atoms with E-state index in [9.17, 15) is 14.7 Å². The topological polar surface area (TPSA) is 76.0 Å². The highest BCUT2D eigenvalue weighted by Crippen LogP contribution is 2.41. The van der Waals surface area contributed by atoms with Crippen LogP contribution in [0.15, 0.2) is 16.3 Å². The highest BCUT2D eigenvalue weighted by molar-refractivity contribution is 6.15. The Morgan fingerprint density at radius 1 is 1.55 bits per heavy atom. The zero-order valence-electron chi connectivity index (χ0n) is 12.6. The summed E-state index contributed by atoms with van der Waals surface area (Å²) in [5.74, 6) is -1.76. The summed E-state index contributed by atoms with van der Waals surface area (Å²) < 4.78 is 4.73. The molecule has 5 heteroatoms. The zero-order chi connectivity index (χ0) is 15.3. The molecular weight excluding hydrogens is 258 g/mol. The number of ketones is 1. The second-order valence-corrected chi connectivity index (χ2v) is 5.73. The third-order valence-corrected chi connectivity index (χ3v) is 3.55. The average Bonchev–Trinajstić information content (AvgIpc) is 2.36. The number of esters is 1. The lowest BCUT2D eigenvalue weighted by Crippen LogP contribution is -2.40. The normalized spacial score (nSPS) is 22.4. The predicted molar refractivity (Wildman–Crippen MR) is 76.8 cm³/mol. The van der Waals surface area contributed by atoms with Crippen molar-refractivity contribution in [3.8, 4) is 0 Å². The van der Waals surface area contributed by atoms with Crippen LogP contribution in [0.4, 0.5) is 0 Å². The minimum Gasteiger partial charge on any atom is -0.511 e. The van der Waals surface area contributed by atoms with Crippen LogP contribution in [0.25, 0.3) is 0 Å². The fraction of sp³-hybridized carbons (Fsp3) is 0.667. The maximum atomic E-state index is 12.1. The number of unbranched alkanes of at least 4 members (excludes halogenated alkanes) is 1. The van der Waals surface area contributed by atoms with Crippen LogP contribution in [-0.2, 0) is 14.3 Å². The Hall–Kier alpha value is -1.65. The summed E-state index contributed by atoms with van der Waals surface area (Å²) in [5, 5.41) is 10.3. The quantitative estimate of drug-likeness (QED) is 0.477. The summed E-state index contributed by atoms with van der Waals surface area (Å²) in [7, 11) is 1.27. The van der Waals surface area contributed by atoms with Crippen LogP contribution < -0.4 is 0 Å². The van der Waals surface area contributed by atoms with Gasteiger partial charge >= 0.3 is 5.97 Å². The van der Waals surface area contributed by atoms with Crippen LogP contribution in [0.5, 0.6) is 0 Å². The number of aliphatic imine (C=N–C) groups is 1. The van der Waals surface area contributed by atoms with Gasteiger partial charge in [-0.15, -0.1) is 0 Å². The first-order valence-electron chi connectivity index (χ1n) is 6.89. The number of Topliss-reactive ketones (excluding diaryl/α,β-unsaturated/α-hetero) is 1. The standard InChI is InChI=1S/C15H23NO4/c1-5-6-7-16-9-10-11(17)8-15(2,3)12(13(10)18)14(19)20-4/h9,12,18H,5-8H2,1-4H3/t12-/m1/s1. The summed E-state index contributed by atoms with van der Waals surface area (Å²) in [6.45, 7) is 6.20. The molecule has 0 aromatic rings. The van der Waals surface area contributed by atoms with E-state index in [0.29, 0.717) is 6.54 Å². The van der Waals surface area contributed by atoms with Crippen molar-refractivity contribution in [2.24, 2.45) is 16.3 Å². The fourth-order valence-corrected chi connectivity index (χ4v) is 2.37. The van der Waals surface area contributed by atoms with Gasteiger partial charge in [-0.05, 0) is 11.8 Å². The van der Waals surface area contributed by atoms with Crippen molar-refractivity contribution in [2.75, 3.05) is 13.7 Å². The SMILES string of the molecule is CCCCN=CC1=C(O)[C@H](C(=O)OC)C(C)(C)CC1=O. The van der Waals surface area contributed by atoms with Gasteiger partial charge in [0.15, 0.2) is 5.78 Å². The Labute approximate surface area is 119 Å². The molecule has 1 aliphatic carbocycles. The highest BCUT2D eigenvalue weighted by atomic mass is 16.5. The van der Waals surface area contributed by atoms with Crippen molar-refractivity contribution in [1.82, 2.24) is 0 Å². The number of carbonyl (C=O) groups is 2. The number of ether oxygens (including phenoxy) is 1. The lowest BCUT2D eigenvalue weighted by atomic mass is 9.68. The summed E-state index contributed by atoms with van der Waals surface area (Å²) in [5.41, 5.74) is -0.523. The molecule has 0 spiro atoms. The highest BCUT2D eigenvalue weighted by Gasteiger charge is 2.46. The number of hydrogen-bond acceptors (Lipinski definition) is 5. The van der Waals surface area contributed by atoms with Gasteiger partial charge in [0.05, 0.1) is 12.7 Å². The van der Waals surface area contributed by atoms with E-state index in [0.717, 1.165) is 12.8 Å². The Morgan fingerprint density at radius 2 is 2.20 bits per heavy atom. The molecule has 1 rings (SSSR count). The predicted octanol–water partition coefficient (Wildman–Crippen LogP) is 2.46. The van der Waals surface area contributed by atoms with Crippen molar-refractivity contribution in [2.45, 2.75) is 40.0 Å². The summed E-state index contributed by atoms with van der Waals surface area (Å²) >= 11 is 0. The van der Waals surface area contributed by atoms with Crippen molar-refractivity contribution in [1.29, 1.82) is 0 Å². The third kappa shape index (κ3) is 3.46. The van der Waals surface area contributed by atoms with E-state index >= 15 is 0 Å². The van der Waals surface area contributed by atoms with Crippen LogP contribution in [0.3, 0.4) is 0 Å². The number of nitrogens with zero attached hydrogens (tertiary/aromatic N) is 1. The Kier molecular flexibility index (Phi) is 5.48. The van der Waals surface area contributed by atoms with Crippen LogP contribution in [0.2, 0.25) is 0 Å². The molecule has 0 saturated carbocycles. The second-order valence-electron chi connectivity index (χ2n) is 5.73. The third-order valence-electron chi connectivity index (χ3n) is 3.55. The second kappa shape index (κ2) is 6.68. The molecule has 0 unspecified atom stereocenters. The lowest BCUT2D eigenvalue weighted by Gasteiger charge is -2.35. The molecule has 0 amide bonds. The van der Waals surface area contributed by atoms with Crippen molar-refractivity contribution in [3.63, 3.8) is 0 Å². The number of rotatable bonds is 5. The largest absolute Gasteiger partial charge is 0.511 e. The van der Waals surface area contributed by atoms with Gasteiger partial charge in [-0.2, -0.15) is 0 Å². The van der Waals surface area contributed by atoms with E-state index in [2.05, 4.69) is 4.99 Å². The van der Waals surface area contributed by atoms with E-state index in [1.807, 2.05) is 6.92 Å². The van der Waals surface area contributed by atoms with Gasteiger partial charge in [-0.3, -0.25) is 14.6 Å². The first kappa shape index (κ1) is 16.4. The van der Waals surface area contributed by atoms with Gasteiger partial charge < -0.3 is 9.84 Å². The molecule has 0 radical (unpaired) electrons. The van der Waals surface area contributed by atoms with E-state index in [-0.39, 0.29) is 23.5 Å². The van der Waals surface area contributed by atoms with E-state index in [4.69, 9.17) is 4.74 Å². The Morgan fingerprint density at radius 3 is 2.75 bits per heavy atom. The van der Waals surface area contributed by atoms with Gasteiger partial charge in [0.1, 0.15) is 11.7 Å². The van der Waals surface area contributed by atoms with Crippen molar-refractivity contribution >= 4 is 18.0 Å². The number of aliphatic hydroxyl groups excluding tert-OH is 1. The minimum absolute atomic E-state index is 0.135. The number of carbonyl (C=O) groups excluding carboxylic acids is 2. The Balaban J connectivity index is 3.09. The summed E-state index contributed by atoms with van der Waals surface area (Å²) in [4.78, 5) is 28.1. The zero-order valence-corrected chi connectivity index (χ0v) is 12.6. The summed E-state index contributed by atoms with van der Waals surface area (Å²) in [6, 6.07) is 0. The molecule has 0 aliphatic heterocycles. The van der Waals surface area contributed by atoms with Crippen LogP contribution in [-0.4, -0.2) is 36.7 Å². The maximum Gasteiger partial charge on any atom is 0.316 e. The number of allylic oxidation sites excluding steroid dienone is 1. The molecule has 0 fully saturated rings. The minimum atomic E-state index is -0.821. The van der Waals surface area contributed by atoms with Gasteiger partial charge in [0.2, 0.25) is 0 Å². The number of methoxy groups -OCH3 is 1. The fourth-order valence-electron chi connectivity index (χ4n) is 2.37. The van der Waals surface area contributed by atoms with Crippen molar-refractivity contribution < 1.29 is 19.4 Å². The Bertz CT molecular complexity index is 449. The average molecular weight is 281 g/mol. The van der Waals surface area contributed by atoms with Crippen LogP contribution in [0, 0.1) is 11.3 Å². The van der Waals surface area contributed by atoms with E-state index < -0.39 is 17.3 Å².